The molecule has 0 amide bonds. The van der Waals surface area contributed by atoms with Gasteiger partial charge in [0.2, 0.25) is 0 Å². The normalized spacial score (nSPS) is 15.0. The lowest BCUT2D eigenvalue weighted by Gasteiger charge is -2.27. The summed E-state index contributed by atoms with van der Waals surface area (Å²) in [6.07, 6.45) is 13.0. The highest BCUT2D eigenvalue weighted by Gasteiger charge is 2.21. The summed E-state index contributed by atoms with van der Waals surface area (Å²) in [5, 5.41) is 9.49. The maximum atomic E-state index is 9.49. The standard InChI is InChI=1S/C15H32O/c1-4-6-8-9-11-13-15(3,14-16)12-10-7-5-2/h16H,4-14H2,1-3H3/t15-/m0/s1. The van der Waals surface area contributed by atoms with E-state index in [9.17, 15) is 5.11 Å². The van der Waals surface area contributed by atoms with Crippen LogP contribution in [-0.2, 0) is 0 Å². The van der Waals surface area contributed by atoms with Crippen molar-refractivity contribution in [1.29, 1.82) is 0 Å². The minimum atomic E-state index is 0.196. The second kappa shape index (κ2) is 10.1. The predicted octanol–water partition coefficient (Wildman–Crippen LogP) is 4.93. The Kier molecular flexibility index (Phi) is 10.1. The molecule has 0 aromatic rings. The van der Waals surface area contributed by atoms with E-state index in [-0.39, 0.29) is 5.41 Å². The predicted molar refractivity (Wildman–Crippen MR) is 72.7 cm³/mol. The fourth-order valence-electron chi connectivity index (χ4n) is 2.24. The van der Waals surface area contributed by atoms with Crippen LogP contribution in [0, 0.1) is 5.41 Å². The zero-order valence-electron chi connectivity index (χ0n) is 11.7. The smallest absolute Gasteiger partial charge is 0.0484 e. The Bertz CT molecular complexity index is 144. The van der Waals surface area contributed by atoms with Crippen LogP contribution in [0.4, 0.5) is 0 Å². The number of unbranched alkanes of at least 4 members (excludes halogenated alkanes) is 6. The Hall–Kier alpha value is -0.0400. The van der Waals surface area contributed by atoms with Gasteiger partial charge in [-0.25, -0.2) is 0 Å². The lowest BCUT2D eigenvalue weighted by molar-refractivity contribution is 0.116. The Balaban J connectivity index is 3.61. The van der Waals surface area contributed by atoms with Gasteiger partial charge in [0.15, 0.2) is 0 Å². The molecule has 0 unspecified atom stereocenters. The first-order chi connectivity index (χ1) is 7.68. The second-order valence-electron chi connectivity index (χ2n) is 5.59. The van der Waals surface area contributed by atoms with Gasteiger partial charge in [-0.1, -0.05) is 72.1 Å². The fourth-order valence-corrected chi connectivity index (χ4v) is 2.24. The highest BCUT2D eigenvalue weighted by molar-refractivity contribution is 4.73. The lowest BCUT2D eigenvalue weighted by Crippen LogP contribution is -2.21. The Labute approximate surface area is 103 Å². The van der Waals surface area contributed by atoms with E-state index < -0.39 is 0 Å². The molecule has 1 N–H and O–H groups in total. The summed E-state index contributed by atoms with van der Waals surface area (Å²) < 4.78 is 0. The van der Waals surface area contributed by atoms with Crippen LogP contribution in [-0.4, -0.2) is 11.7 Å². The van der Waals surface area contributed by atoms with Gasteiger partial charge in [-0.05, 0) is 18.3 Å². The summed E-state index contributed by atoms with van der Waals surface area (Å²) in [5.41, 5.74) is 0.196. The third-order valence-corrected chi connectivity index (χ3v) is 3.65. The number of aliphatic hydroxyl groups excluding tert-OH is 1. The van der Waals surface area contributed by atoms with Gasteiger partial charge >= 0.3 is 0 Å². The monoisotopic (exact) mass is 228 g/mol. The first kappa shape index (κ1) is 16.0. The molecule has 0 aliphatic heterocycles. The molecule has 0 aromatic heterocycles. The zero-order valence-corrected chi connectivity index (χ0v) is 11.7. The molecule has 0 heterocycles. The molecular formula is C15H32O. The van der Waals surface area contributed by atoms with Crippen molar-refractivity contribution < 1.29 is 5.11 Å². The van der Waals surface area contributed by atoms with Crippen LogP contribution in [0.15, 0.2) is 0 Å². The van der Waals surface area contributed by atoms with Gasteiger partial charge in [-0.3, -0.25) is 0 Å². The largest absolute Gasteiger partial charge is 0.396 e. The lowest BCUT2D eigenvalue weighted by atomic mass is 9.80. The maximum Gasteiger partial charge on any atom is 0.0484 e. The summed E-state index contributed by atoms with van der Waals surface area (Å²) in [7, 11) is 0. The van der Waals surface area contributed by atoms with Crippen molar-refractivity contribution >= 4 is 0 Å². The van der Waals surface area contributed by atoms with Gasteiger partial charge in [0, 0.05) is 6.61 Å². The van der Waals surface area contributed by atoms with Crippen molar-refractivity contribution in [2.45, 2.75) is 85.0 Å². The molecule has 1 atom stereocenters. The molecule has 1 nitrogen and oxygen atoms in total. The van der Waals surface area contributed by atoms with Gasteiger partial charge in [0.25, 0.3) is 0 Å². The van der Waals surface area contributed by atoms with E-state index in [4.69, 9.17) is 0 Å². The molecule has 0 bridgehead atoms. The van der Waals surface area contributed by atoms with Crippen LogP contribution in [0.25, 0.3) is 0 Å². The van der Waals surface area contributed by atoms with Gasteiger partial charge in [0.05, 0.1) is 0 Å². The molecule has 16 heavy (non-hydrogen) atoms. The van der Waals surface area contributed by atoms with Gasteiger partial charge in [-0.2, -0.15) is 0 Å². The van der Waals surface area contributed by atoms with E-state index in [0.717, 1.165) is 0 Å². The zero-order chi connectivity index (χ0) is 12.3. The number of rotatable bonds is 11. The van der Waals surface area contributed by atoms with Crippen LogP contribution in [0.1, 0.15) is 85.0 Å². The number of hydrogen-bond acceptors (Lipinski definition) is 1. The third kappa shape index (κ3) is 8.15. The van der Waals surface area contributed by atoms with Crippen LogP contribution in [0.5, 0.6) is 0 Å². The molecule has 0 radical (unpaired) electrons. The van der Waals surface area contributed by atoms with E-state index in [1.54, 1.807) is 0 Å². The molecule has 0 rings (SSSR count). The van der Waals surface area contributed by atoms with E-state index >= 15 is 0 Å². The van der Waals surface area contributed by atoms with E-state index in [0.29, 0.717) is 6.61 Å². The minimum Gasteiger partial charge on any atom is -0.396 e. The molecular weight excluding hydrogens is 196 g/mol. The second-order valence-corrected chi connectivity index (χ2v) is 5.59. The van der Waals surface area contributed by atoms with Crippen molar-refractivity contribution in [3.8, 4) is 0 Å². The number of hydrogen-bond donors (Lipinski definition) is 1. The third-order valence-electron chi connectivity index (χ3n) is 3.65. The first-order valence-electron chi connectivity index (χ1n) is 7.29. The van der Waals surface area contributed by atoms with Gasteiger partial charge < -0.3 is 5.11 Å². The van der Waals surface area contributed by atoms with Gasteiger partial charge in [-0.15, -0.1) is 0 Å². The van der Waals surface area contributed by atoms with Crippen LogP contribution in [0.2, 0.25) is 0 Å². The summed E-state index contributed by atoms with van der Waals surface area (Å²) >= 11 is 0. The van der Waals surface area contributed by atoms with Crippen LogP contribution < -0.4 is 0 Å². The summed E-state index contributed by atoms with van der Waals surface area (Å²) in [6, 6.07) is 0. The van der Waals surface area contributed by atoms with Crippen LogP contribution >= 0.6 is 0 Å². The molecule has 0 spiro atoms. The fraction of sp³-hybridized carbons (Fsp3) is 1.00. The molecule has 0 aliphatic rings. The SMILES string of the molecule is CCCCCCC[C@@](C)(CO)CCCCC. The van der Waals surface area contributed by atoms with E-state index in [2.05, 4.69) is 20.8 Å². The Morgan fingerprint density at radius 1 is 0.750 bits per heavy atom. The van der Waals surface area contributed by atoms with E-state index in [1.165, 1.54) is 64.2 Å². The molecule has 0 saturated carbocycles. The highest BCUT2D eigenvalue weighted by Crippen LogP contribution is 2.30. The molecule has 1 heteroatoms. The van der Waals surface area contributed by atoms with E-state index in [1.807, 2.05) is 0 Å². The van der Waals surface area contributed by atoms with Crippen molar-refractivity contribution in [2.75, 3.05) is 6.61 Å². The first-order valence-corrected chi connectivity index (χ1v) is 7.29. The summed E-state index contributed by atoms with van der Waals surface area (Å²) in [5.74, 6) is 0. The Morgan fingerprint density at radius 2 is 1.19 bits per heavy atom. The minimum absolute atomic E-state index is 0.196. The molecule has 0 saturated heterocycles. The summed E-state index contributed by atoms with van der Waals surface area (Å²) in [6.45, 7) is 7.11. The average Bonchev–Trinajstić information content (AvgIpc) is 2.29. The average molecular weight is 228 g/mol. The molecule has 98 valence electrons. The quantitative estimate of drug-likeness (QED) is 0.497. The summed E-state index contributed by atoms with van der Waals surface area (Å²) in [4.78, 5) is 0. The van der Waals surface area contributed by atoms with Crippen LogP contribution in [0.3, 0.4) is 0 Å². The molecule has 0 fully saturated rings. The number of aliphatic hydroxyl groups is 1. The van der Waals surface area contributed by atoms with Gasteiger partial charge in [0.1, 0.15) is 0 Å². The van der Waals surface area contributed by atoms with Crippen molar-refractivity contribution in [3.63, 3.8) is 0 Å². The molecule has 0 aromatic carbocycles. The van der Waals surface area contributed by atoms with Crippen molar-refractivity contribution in [2.24, 2.45) is 5.41 Å². The molecule has 0 aliphatic carbocycles. The Morgan fingerprint density at radius 3 is 1.69 bits per heavy atom. The topological polar surface area (TPSA) is 20.2 Å². The van der Waals surface area contributed by atoms with Crippen molar-refractivity contribution in [1.82, 2.24) is 0 Å². The van der Waals surface area contributed by atoms with Crippen molar-refractivity contribution in [3.05, 3.63) is 0 Å². The maximum absolute atomic E-state index is 9.49. The highest BCUT2D eigenvalue weighted by atomic mass is 16.3.